The van der Waals surface area contributed by atoms with E-state index in [2.05, 4.69) is 10.6 Å². The van der Waals surface area contributed by atoms with Gasteiger partial charge in [0.2, 0.25) is 0 Å². The number of carboxylic acids is 1. The quantitative estimate of drug-likeness (QED) is 0.797. The number of carbonyl (C=O) groups is 2. The maximum Gasteiger partial charge on any atom is 0.326 e. The Morgan fingerprint density at radius 1 is 1.30 bits per heavy atom. The zero-order valence-corrected chi connectivity index (χ0v) is 12.0. The van der Waals surface area contributed by atoms with Crippen LogP contribution >= 0.6 is 0 Å². The second-order valence-electron chi connectivity index (χ2n) is 5.65. The van der Waals surface area contributed by atoms with Gasteiger partial charge in [-0.15, -0.1) is 0 Å². The molecule has 0 heterocycles. The molecule has 1 rings (SSSR count). The summed E-state index contributed by atoms with van der Waals surface area (Å²) in [7, 11) is 0. The molecule has 0 aliphatic heterocycles. The number of benzene rings is 1. The van der Waals surface area contributed by atoms with E-state index in [0.29, 0.717) is 11.3 Å². The molecule has 0 aliphatic rings. The van der Waals surface area contributed by atoms with E-state index in [-0.39, 0.29) is 0 Å². The summed E-state index contributed by atoms with van der Waals surface area (Å²) in [4.78, 5) is 23.0. The summed E-state index contributed by atoms with van der Waals surface area (Å²) in [6, 6.07) is 2.58. The van der Waals surface area contributed by atoms with Crippen LogP contribution in [0.5, 0.6) is 0 Å². The highest BCUT2D eigenvalue weighted by Gasteiger charge is 2.32. The van der Waals surface area contributed by atoms with Gasteiger partial charge >= 0.3 is 12.0 Å². The third-order valence-corrected chi connectivity index (χ3v) is 2.90. The van der Waals surface area contributed by atoms with E-state index in [1.54, 1.807) is 26.8 Å². The Morgan fingerprint density at radius 2 is 1.90 bits per heavy atom. The van der Waals surface area contributed by atoms with Crippen molar-refractivity contribution in [1.29, 1.82) is 0 Å². The molecule has 0 radical (unpaired) electrons. The zero-order chi connectivity index (χ0) is 15.5. The number of amides is 2. The molecule has 0 saturated carbocycles. The molecular formula is C14H19FN2O3. The van der Waals surface area contributed by atoms with Crippen LogP contribution in [0.4, 0.5) is 14.9 Å². The van der Waals surface area contributed by atoms with E-state index < -0.39 is 29.3 Å². The molecule has 1 aromatic rings. The molecule has 110 valence electrons. The molecule has 5 nitrogen and oxygen atoms in total. The molecule has 0 saturated heterocycles. The maximum atomic E-state index is 13.3. The molecule has 1 aromatic carbocycles. The third-order valence-electron chi connectivity index (χ3n) is 2.90. The van der Waals surface area contributed by atoms with Crippen molar-refractivity contribution in [2.24, 2.45) is 5.41 Å². The number of carbonyl (C=O) groups excluding carboxylic acids is 1. The van der Waals surface area contributed by atoms with Crippen molar-refractivity contribution in [3.05, 3.63) is 29.6 Å². The molecule has 0 spiro atoms. The molecule has 2 amide bonds. The molecule has 1 unspecified atom stereocenters. The Hall–Kier alpha value is -2.11. The van der Waals surface area contributed by atoms with Gasteiger partial charge in [-0.3, -0.25) is 0 Å². The van der Waals surface area contributed by atoms with Crippen molar-refractivity contribution in [2.45, 2.75) is 33.7 Å². The molecule has 3 N–H and O–H groups in total. The molecule has 0 bridgehead atoms. The zero-order valence-electron chi connectivity index (χ0n) is 12.0. The normalized spacial score (nSPS) is 12.7. The Labute approximate surface area is 117 Å². The summed E-state index contributed by atoms with van der Waals surface area (Å²) in [6.07, 6.45) is 0. The lowest BCUT2D eigenvalue weighted by Gasteiger charge is -2.27. The lowest BCUT2D eigenvalue weighted by atomic mass is 9.87. The van der Waals surface area contributed by atoms with E-state index in [4.69, 9.17) is 5.11 Å². The fraction of sp³-hybridized carbons (Fsp3) is 0.429. The van der Waals surface area contributed by atoms with E-state index >= 15 is 0 Å². The van der Waals surface area contributed by atoms with Crippen LogP contribution in [0.25, 0.3) is 0 Å². The molecule has 20 heavy (non-hydrogen) atoms. The standard InChI is InChI=1S/C14H19FN2O3/c1-8-9(15)6-5-7-10(8)16-13(20)17-11(12(18)19)14(2,3)4/h5-7,11H,1-4H3,(H,18,19)(H2,16,17,20). The van der Waals surface area contributed by atoms with Crippen LogP contribution < -0.4 is 10.6 Å². The van der Waals surface area contributed by atoms with E-state index in [1.165, 1.54) is 19.1 Å². The predicted molar refractivity (Wildman–Crippen MR) is 74.2 cm³/mol. The Balaban J connectivity index is 2.82. The minimum atomic E-state index is -1.12. The van der Waals surface area contributed by atoms with Gasteiger partial charge in [0.25, 0.3) is 0 Å². The first kappa shape index (κ1) is 15.9. The number of hydrogen-bond acceptors (Lipinski definition) is 2. The summed E-state index contributed by atoms with van der Waals surface area (Å²) in [6.45, 7) is 6.65. The van der Waals surface area contributed by atoms with Crippen molar-refractivity contribution < 1.29 is 19.1 Å². The van der Waals surface area contributed by atoms with Crippen LogP contribution in [0.15, 0.2) is 18.2 Å². The molecular weight excluding hydrogens is 263 g/mol. The Bertz CT molecular complexity index is 524. The second kappa shape index (κ2) is 5.90. The summed E-state index contributed by atoms with van der Waals surface area (Å²) in [5, 5.41) is 14.0. The van der Waals surface area contributed by atoms with Crippen LogP contribution in [0.1, 0.15) is 26.3 Å². The van der Waals surface area contributed by atoms with Crippen LogP contribution in [-0.4, -0.2) is 23.1 Å². The largest absolute Gasteiger partial charge is 0.480 e. The lowest BCUT2D eigenvalue weighted by molar-refractivity contribution is -0.141. The first-order chi connectivity index (χ1) is 9.12. The van der Waals surface area contributed by atoms with Crippen molar-refractivity contribution >= 4 is 17.7 Å². The average molecular weight is 282 g/mol. The highest BCUT2D eigenvalue weighted by molar-refractivity contribution is 5.93. The average Bonchev–Trinajstić information content (AvgIpc) is 2.30. The summed E-state index contributed by atoms with van der Waals surface area (Å²) in [5.74, 6) is -1.56. The van der Waals surface area contributed by atoms with Crippen LogP contribution in [0.3, 0.4) is 0 Å². The van der Waals surface area contributed by atoms with Gasteiger partial charge in [0.1, 0.15) is 11.9 Å². The molecule has 0 aliphatic carbocycles. The van der Waals surface area contributed by atoms with Crippen molar-refractivity contribution in [3.63, 3.8) is 0 Å². The molecule has 1 atom stereocenters. The van der Waals surface area contributed by atoms with Gasteiger partial charge in [-0.1, -0.05) is 26.8 Å². The smallest absolute Gasteiger partial charge is 0.326 e. The summed E-state index contributed by atoms with van der Waals surface area (Å²) < 4.78 is 13.3. The third kappa shape index (κ3) is 3.94. The number of rotatable bonds is 3. The lowest BCUT2D eigenvalue weighted by Crippen LogP contribution is -2.50. The van der Waals surface area contributed by atoms with Gasteiger partial charge in [-0.05, 0) is 24.5 Å². The van der Waals surface area contributed by atoms with Crippen molar-refractivity contribution in [1.82, 2.24) is 5.32 Å². The number of carboxylic acid groups (broad SMARTS) is 1. The molecule has 0 fully saturated rings. The van der Waals surface area contributed by atoms with E-state index in [9.17, 15) is 14.0 Å². The fourth-order valence-corrected chi connectivity index (χ4v) is 1.68. The fourth-order valence-electron chi connectivity index (χ4n) is 1.68. The number of anilines is 1. The van der Waals surface area contributed by atoms with E-state index in [1.807, 2.05) is 0 Å². The number of halogens is 1. The van der Waals surface area contributed by atoms with Gasteiger partial charge in [-0.25, -0.2) is 14.0 Å². The van der Waals surface area contributed by atoms with Gasteiger partial charge in [0.15, 0.2) is 0 Å². The van der Waals surface area contributed by atoms with Crippen LogP contribution in [-0.2, 0) is 4.79 Å². The first-order valence-corrected chi connectivity index (χ1v) is 6.18. The minimum Gasteiger partial charge on any atom is -0.480 e. The van der Waals surface area contributed by atoms with Gasteiger partial charge in [-0.2, -0.15) is 0 Å². The topological polar surface area (TPSA) is 78.4 Å². The number of urea groups is 1. The molecule has 0 aromatic heterocycles. The van der Waals surface area contributed by atoms with Gasteiger partial charge < -0.3 is 15.7 Å². The van der Waals surface area contributed by atoms with Crippen molar-refractivity contribution in [3.8, 4) is 0 Å². The minimum absolute atomic E-state index is 0.297. The SMILES string of the molecule is Cc1c(F)cccc1NC(=O)NC(C(=O)O)C(C)(C)C. The highest BCUT2D eigenvalue weighted by Crippen LogP contribution is 2.20. The van der Waals surface area contributed by atoms with E-state index in [0.717, 1.165) is 0 Å². The van der Waals surface area contributed by atoms with Crippen LogP contribution in [0.2, 0.25) is 0 Å². The predicted octanol–water partition coefficient (Wildman–Crippen LogP) is 2.75. The summed E-state index contributed by atoms with van der Waals surface area (Å²) >= 11 is 0. The second-order valence-corrected chi connectivity index (χ2v) is 5.65. The Morgan fingerprint density at radius 3 is 2.40 bits per heavy atom. The van der Waals surface area contributed by atoms with Gasteiger partial charge in [0, 0.05) is 11.3 Å². The number of nitrogens with one attached hydrogen (secondary N) is 2. The summed E-state index contributed by atoms with van der Waals surface area (Å²) in [5.41, 5.74) is -0.0361. The maximum absolute atomic E-state index is 13.3. The monoisotopic (exact) mass is 282 g/mol. The van der Waals surface area contributed by atoms with Crippen LogP contribution in [0, 0.1) is 18.2 Å². The van der Waals surface area contributed by atoms with Crippen molar-refractivity contribution in [2.75, 3.05) is 5.32 Å². The molecule has 6 heteroatoms. The first-order valence-electron chi connectivity index (χ1n) is 6.18. The number of hydrogen-bond donors (Lipinski definition) is 3. The number of aliphatic carboxylic acids is 1. The Kier molecular flexibility index (Phi) is 4.70. The highest BCUT2D eigenvalue weighted by atomic mass is 19.1. The van der Waals surface area contributed by atoms with Gasteiger partial charge in [0.05, 0.1) is 0 Å².